The van der Waals surface area contributed by atoms with E-state index in [9.17, 15) is 4.79 Å². The van der Waals surface area contributed by atoms with Gasteiger partial charge in [0.05, 0.1) is 6.61 Å². The molecule has 0 rings (SSSR count). The molecule has 0 unspecified atom stereocenters. The van der Waals surface area contributed by atoms with Crippen molar-refractivity contribution in [3.63, 3.8) is 0 Å². The average Bonchev–Trinajstić information content (AvgIpc) is 2.77. The van der Waals surface area contributed by atoms with Crippen molar-refractivity contribution in [3.8, 4) is 0 Å². The lowest BCUT2D eigenvalue weighted by Gasteiger charge is -2.06. The molecular weight excluding hydrogens is 380 g/mol. The number of hydrogen-bond donors (Lipinski definition) is 0. The Kier molecular flexibility index (Phi) is 24.8. The van der Waals surface area contributed by atoms with Gasteiger partial charge < -0.3 is 4.74 Å². The molecule has 2 nitrogen and oxygen atoms in total. The van der Waals surface area contributed by atoms with Crippen LogP contribution in [0.15, 0.2) is 11.6 Å². The third kappa shape index (κ3) is 23.7. The lowest BCUT2D eigenvalue weighted by molar-refractivity contribution is -0.139. The fourth-order valence-corrected chi connectivity index (χ4v) is 4.08. The second-order valence-electron chi connectivity index (χ2n) is 9.53. The molecule has 0 aliphatic carbocycles. The van der Waals surface area contributed by atoms with Crippen molar-refractivity contribution in [2.24, 2.45) is 0 Å². The Balaban J connectivity index is 3.40. The minimum Gasteiger partial charge on any atom is -0.462 e. The van der Waals surface area contributed by atoms with E-state index in [1.54, 1.807) is 0 Å². The number of allylic oxidation sites excluding steroid dienone is 1. The van der Waals surface area contributed by atoms with Crippen molar-refractivity contribution >= 4 is 5.97 Å². The minimum absolute atomic E-state index is 0.112. The van der Waals surface area contributed by atoms with Crippen LogP contribution in [0, 0.1) is 0 Å². The van der Waals surface area contributed by atoms with Crippen LogP contribution in [0.2, 0.25) is 0 Å². The molecule has 0 aliphatic rings. The molecule has 0 aromatic rings. The number of rotatable bonds is 24. The van der Waals surface area contributed by atoms with Gasteiger partial charge in [-0.2, -0.15) is 0 Å². The van der Waals surface area contributed by atoms with Gasteiger partial charge in [0.1, 0.15) is 0 Å². The van der Waals surface area contributed by atoms with Crippen LogP contribution in [0.5, 0.6) is 0 Å². The average molecular weight is 437 g/mol. The van der Waals surface area contributed by atoms with Crippen molar-refractivity contribution in [1.29, 1.82) is 0 Å². The Morgan fingerprint density at radius 3 is 1.32 bits per heavy atom. The van der Waals surface area contributed by atoms with E-state index in [0.717, 1.165) is 18.4 Å². The molecule has 184 valence electrons. The van der Waals surface area contributed by atoms with Gasteiger partial charge in [0.2, 0.25) is 0 Å². The zero-order valence-corrected chi connectivity index (χ0v) is 21.7. The second-order valence-corrected chi connectivity index (χ2v) is 9.53. The van der Waals surface area contributed by atoms with Crippen molar-refractivity contribution in [3.05, 3.63) is 11.6 Å². The highest BCUT2D eigenvalue weighted by Gasteiger charge is 2.04. The molecule has 0 amide bonds. The van der Waals surface area contributed by atoms with Gasteiger partial charge in [-0.25, -0.2) is 4.79 Å². The van der Waals surface area contributed by atoms with Crippen LogP contribution in [0.3, 0.4) is 0 Å². The van der Waals surface area contributed by atoms with Crippen LogP contribution in [-0.2, 0) is 9.53 Å². The molecule has 0 spiro atoms. The van der Waals surface area contributed by atoms with Gasteiger partial charge in [0.15, 0.2) is 0 Å². The van der Waals surface area contributed by atoms with E-state index in [1.165, 1.54) is 128 Å². The van der Waals surface area contributed by atoms with E-state index >= 15 is 0 Å². The smallest absolute Gasteiger partial charge is 0.333 e. The summed E-state index contributed by atoms with van der Waals surface area (Å²) in [6, 6.07) is 0. The summed E-state index contributed by atoms with van der Waals surface area (Å²) in [7, 11) is 0. The first kappa shape index (κ1) is 30.2. The third-order valence-electron chi connectivity index (χ3n) is 6.31. The first-order valence-corrected chi connectivity index (χ1v) is 14.1. The SMILES string of the molecule is CCCCCCCCCCCCCC=C(C)C(=O)OCCCCCCCCCCCC. The van der Waals surface area contributed by atoms with Gasteiger partial charge in [-0.1, -0.05) is 142 Å². The number of hydrogen-bond acceptors (Lipinski definition) is 2. The molecule has 31 heavy (non-hydrogen) atoms. The highest BCUT2D eigenvalue weighted by molar-refractivity contribution is 5.87. The van der Waals surface area contributed by atoms with Crippen LogP contribution in [0.25, 0.3) is 0 Å². The predicted octanol–water partition coefficient (Wildman–Crippen LogP) is 10.1. The van der Waals surface area contributed by atoms with E-state index in [-0.39, 0.29) is 5.97 Å². The summed E-state index contributed by atoms with van der Waals surface area (Å²) in [6.45, 7) is 7.03. The van der Waals surface area contributed by atoms with E-state index in [0.29, 0.717) is 6.61 Å². The minimum atomic E-state index is -0.112. The summed E-state index contributed by atoms with van der Waals surface area (Å²) >= 11 is 0. The summed E-state index contributed by atoms with van der Waals surface area (Å²) in [4.78, 5) is 12.0. The molecule has 0 fully saturated rings. The van der Waals surface area contributed by atoms with Crippen molar-refractivity contribution in [2.45, 2.75) is 162 Å². The van der Waals surface area contributed by atoms with Crippen LogP contribution in [0.1, 0.15) is 162 Å². The van der Waals surface area contributed by atoms with E-state index in [2.05, 4.69) is 19.9 Å². The Labute approximate surface area is 196 Å². The van der Waals surface area contributed by atoms with Crippen LogP contribution < -0.4 is 0 Å². The highest BCUT2D eigenvalue weighted by atomic mass is 16.5. The zero-order chi connectivity index (χ0) is 22.8. The Hall–Kier alpha value is -0.790. The molecule has 0 radical (unpaired) electrons. The number of carbonyl (C=O) groups is 1. The Morgan fingerprint density at radius 2 is 0.903 bits per heavy atom. The maximum atomic E-state index is 12.0. The summed E-state index contributed by atoms with van der Waals surface area (Å²) in [5, 5.41) is 0. The molecule has 0 heterocycles. The fourth-order valence-electron chi connectivity index (χ4n) is 4.08. The number of unbranched alkanes of at least 4 members (excludes halogenated alkanes) is 20. The largest absolute Gasteiger partial charge is 0.462 e. The fraction of sp³-hybridized carbons (Fsp3) is 0.897. The molecule has 2 heteroatoms. The molecule has 0 saturated heterocycles. The lowest BCUT2D eigenvalue weighted by atomic mass is 10.0. The predicted molar refractivity (Wildman–Crippen MR) is 138 cm³/mol. The van der Waals surface area contributed by atoms with Crippen molar-refractivity contribution in [1.82, 2.24) is 0 Å². The molecule has 0 bridgehead atoms. The molecule has 0 N–H and O–H groups in total. The first-order valence-electron chi connectivity index (χ1n) is 14.1. The molecule has 0 atom stereocenters. The molecule has 0 aliphatic heterocycles. The van der Waals surface area contributed by atoms with E-state index in [4.69, 9.17) is 4.74 Å². The van der Waals surface area contributed by atoms with E-state index in [1.807, 2.05) is 6.92 Å². The summed E-state index contributed by atoms with van der Waals surface area (Å²) < 4.78 is 5.43. The normalized spacial score (nSPS) is 11.8. The summed E-state index contributed by atoms with van der Waals surface area (Å²) in [5.74, 6) is -0.112. The van der Waals surface area contributed by atoms with Crippen LogP contribution in [0.4, 0.5) is 0 Å². The Morgan fingerprint density at radius 1 is 0.548 bits per heavy atom. The maximum absolute atomic E-state index is 12.0. The van der Waals surface area contributed by atoms with Gasteiger partial charge >= 0.3 is 5.97 Å². The van der Waals surface area contributed by atoms with Crippen molar-refractivity contribution in [2.75, 3.05) is 6.61 Å². The Bertz CT molecular complexity index is 400. The number of esters is 1. The molecule has 0 aromatic heterocycles. The molecular formula is C29H56O2. The quantitative estimate of drug-likeness (QED) is 0.0854. The van der Waals surface area contributed by atoms with Gasteiger partial charge in [0, 0.05) is 5.57 Å². The molecule has 0 saturated carbocycles. The van der Waals surface area contributed by atoms with E-state index < -0.39 is 0 Å². The highest BCUT2D eigenvalue weighted by Crippen LogP contribution is 2.13. The van der Waals surface area contributed by atoms with Gasteiger partial charge in [-0.3, -0.25) is 0 Å². The van der Waals surface area contributed by atoms with Crippen LogP contribution in [-0.4, -0.2) is 12.6 Å². The topological polar surface area (TPSA) is 26.3 Å². The lowest BCUT2D eigenvalue weighted by Crippen LogP contribution is -2.07. The monoisotopic (exact) mass is 436 g/mol. The number of ether oxygens (including phenoxy) is 1. The standard InChI is InChI=1S/C29H56O2/c1-4-6-8-10-12-14-16-17-18-20-22-24-26-28(3)29(30)31-27-25-23-21-19-15-13-11-9-7-5-2/h26H,4-25,27H2,1-3H3. The first-order chi connectivity index (χ1) is 15.2. The second kappa shape index (κ2) is 25.5. The molecule has 0 aromatic carbocycles. The van der Waals surface area contributed by atoms with Crippen molar-refractivity contribution < 1.29 is 9.53 Å². The van der Waals surface area contributed by atoms with Crippen LogP contribution >= 0.6 is 0 Å². The number of carbonyl (C=O) groups excluding carboxylic acids is 1. The van der Waals surface area contributed by atoms with Gasteiger partial charge in [-0.05, 0) is 26.2 Å². The van der Waals surface area contributed by atoms with Gasteiger partial charge in [0.25, 0.3) is 0 Å². The maximum Gasteiger partial charge on any atom is 0.333 e. The zero-order valence-electron chi connectivity index (χ0n) is 21.7. The third-order valence-corrected chi connectivity index (χ3v) is 6.31. The van der Waals surface area contributed by atoms with Gasteiger partial charge in [-0.15, -0.1) is 0 Å². The summed E-state index contributed by atoms with van der Waals surface area (Å²) in [6.07, 6.45) is 31.2. The summed E-state index contributed by atoms with van der Waals surface area (Å²) in [5.41, 5.74) is 0.791.